The normalized spacial score (nSPS) is 14.0. The Morgan fingerprint density at radius 1 is 1.10 bits per heavy atom. The summed E-state index contributed by atoms with van der Waals surface area (Å²) in [6, 6.07) is 8.26. The second-order valence-electron chi connectivity index (χ2n) is 5.64. The van der Waals surface area contributed by atoms with Gasteiger partial charge in [0.05, 0.1) is 0 Å². The fraction of sp³-hybridized carbons (Fsp3) is 0.647. The number of benzene rings is 1. The molecule has 0 aromatic heterocycles. The average molecular weight is 298 g/mol. The van der Waals surface area contributed by atoms with Gasteiger partial charge in [0.15, 0.2) is 0 Å². The van der Waals surface area contributed by atoms with E-state index in [9.17, 15) is 0 Å². The van der Waals surface area contributed by atoms with Gasteiger partial charge in [0.2, 0.25) is 6.29 Å². The van der Waals surface area contributed by atoms with Crippen molar-refractivity contribution in [1.29, 1.82) is 0 Å². The molecule has 116 valence electrons. The van der Waals surface area contributed by atoms with Crippen LogP contribution in [0.25, 0.3) is 0 Å². The van der Waals surface area contributed by atoms with Crippen molar-refractivity contribution in [3.8, 4) is 5.75 Å². The largest absolute Gasteiger partial charge is 0.464 e. The first-order valence-corrected chi connectivity index (χ1v) is 8.10. The predicted molar refractivity (Wildman–Crippen MR) is 91.4 cm³/mol. The van der Waals surface area contributed by atoms with Crippen molar-refractivity contribution >= 4 is 9.24 Å². The van der Waals surface area contributed by atoms with E-state index in [0.29, 0.717) is 5.66 Å². The van der Waals surface area contributed by atoms with Gasteiger partial charge in [-0.25, -0.2) is 0 Å². The van der Waals surface area contributed by atoms with Gasteiger partial charge in [-0.2, -0.15) is 0 Å². The van der Waals surface area contributed by atoms with Crippen molar-refractivity contribution in [3.05, 3.63) is 29.8 Å². The van der Waals surface area contributed by atoms with Gasteiger partial charge in [0.25, 0.3) is 0 Å². The number of hydrogen-bond acceptors (Lipinski definition) is 2. The zero-order valence-corrected chi connectivity index (χ0v) is 15.2. The van der Waals surface area contributed by atoms with Crippen molar-refractivity contribution in [2.24, 2.45) is 5.41 Å². The van der Waals surface area contributed by atoms with E-state index in [4.69, 9.17) is 9.47 Å². The Morgan fingerprint density at radius 3 is 1.95 bits per heavy atom. The first-order chi connectivity index (χ1) is 9.38. The van der Waals surface area contributed by atoms with E-state index in [2.05, 4.69) is 49.1 Å². The summed E-state index contributed by atoms with van der Waals surface area (Å²) in [5, 5.41) is 0. The van der Waals surface area contributed by atoms with Crippen molar-refractivity contribution in [3.63, 3.8) is 0 Å². The third-order valence-corrected chi connectivity index (χ3v) is 3.77. The molecule has 0 bridgehead atoms. The lowest BCUT2D eigenvalue weighted by atomic mass is 9.96. The van der Waals surface area contributed by atoms with E-state index in [1.54, 1.807) is 7.11 Å². The fourth-order valence-electron chi connectivity index (χ4n) is 1.73. The second kappa shape index (κ2) is 9.37. The molecular formula is C17H31O2P. The van der Waals surface area contributed by atoms with Gasteiger partial charge in [-0.05, 0) is 29.8 Å². The molecule has 3 atom stereocenters. The van der Waals surface area contributed by atoms with E-state index in [-0.39, 0.29) is 11.7 Å². The maximum Gasteiger partial charge on any atom is 0.204 e. The minimum absolute atomic E-state index is 0.0417. The summed E-state index contributed by atoms with van der Waals surface area (Å²) in [6.45, 7) is 12.5. The molecule has 0 radical (unpaired) electrons. The minimum atomic E-state index is -0.235. The Balaban J connectivity index is 0.00000172. The number of hydrogen-bond donors (Lipinski definition) is 0. The van der Waals surface area contributed by atoms with Gasteiger partial charge in [-0.3, -0.25) is 0 Å². The highest BCUT2D eigenvalue weighted by Gasteiger charge is 2.26. The predicted octanol–water partition coefficient (Wildman–Crippen LogP) is 5.44. The monoisotopic (exact) mass is 298 g/mol. The van der Waals surface area contributed by atoms with E-state index >= 15 is 0 Å². The fourth-order valence-corrected chi connectivity index (χ4v) is 1.95. The quantitative estimate of drug-likeness (QED) is 0.532. The first-order valence-electron chi connectivity index (χ1n) is 7.43. The molecule has 0 saturated heterocycles. The lowest BCUT2D eigenvalue weighted by Crippen LogP contribution is -2.33. The smallest absolute Gasteiger partial charge is 0.204 e. The summed E-state index contributed by atoms with van der Waals surface area (Å²) < 4.78 is 11.3. The molecule has 3 heteroatoms. The topological polar surface area (TPSA) is 18.5 Å². The lowest BCUT2D eigenvalue weighted by Gasteiger charge is -2.29. The van der Waals surface area contributed by atoms with E-state index in [0.717, 1.165) is 12.2 Å². The van der Waals surface area contributed by atoms with Crippen LogP contribution >= 0.6 is 9.24 Å². The standard InChI is InChI=1S/C15H25O2P.C2H6/c1-6-13(18)11-7-9-12(10-8-11)17-14(16-5)15(2,3)4;1-2/h7-10,13-14H,6,18H2,1-5H3;1-2H3. The average Bonchev–Trinajstić information content (AvgIpc) is 2.45. The van der Waals surface area contributed by atoms with Crippen LogP contribution in [0.4, 0.5) is 0 Å². The van der Waals surface area contributed by atoms with Crippen molar-refractivity contribution in [2.45, 2.75) is 59.9 Å². The van der Waals surface area contributed by atoms with Gasteiger partial charge in [-0.1, -0.05) is 53.7 Å². The molecule has 1 rings (SSSR count). The molecule has 0 aliphatic rings. The van der Waals surface area contributed by atoms with Crippen LogP contribution in [-0.4, -0.2) is 13.4 Å². The van der Waals surface area contributed by atoms with Crippen LogP contribution in [0.15, 0.2) is 24.3 Å². The van der Waals surface area contributed by atoms with E-state index in [1.807, 2.05) is 26.0 Å². The molecule has 0 aliphatic carbocycles. The minimum Gasteiger partial charge on any atom is -0.464 e. The summed E-state index contributed by atoms with van der Waals surface area (Å²) in [5.74, 6) is 0.855. The van der Waals surface area contributed by atoms with Crippen LogP contribution in [0.3, 0.4) is 0 Å². The van der Waals surface area contributed by atoms with Gasteiger partial charge >= 0.3 is 0 Å². The molecule has 0 saturated carbocycles. The zero-order chi connectivity index (χ0) is 15.8. The number of rotatable bonds is 5. The van der Waals surface area contributed by atoms with Crippen LogP contribution in [0, 0.1) is 5.41 Å². The van der Waals surface area contributed by atoms with Crippen LogP contribution in [0.2, 0.25) is 0 Å². The molecule has 0 amide bonds. The Bertz CT molecular complexity index is 354. The summed E-state index contributed by atoms with van der Waals surface area (Å²) >= 11 is 0. The SMILES string of the molecule is CC.CCC(P)c1ccc(OC(OC)C(C)(C)C)cc1. The highest BCUT2D eigenvalue weighted by Crippen LogP contribution is 2.29. The van der Waals surface area contributed by atoms with Crippen molar-refractivity contribution < 1.29 is 9.47 Å². The van der Waals surface area contributed by atoms with Crippen LogP contribution in [0.1, 0.15) is 59.2 Å². The highest BCUT2D eigenvalue weighted by molar-refractivity contribution is 7.17. The molecule has 1 aromatic carbocycles. The summed E-state index contributed by atoms with van der Waals surface area (Å²) in [7, 11) is 4.54. The highest BCUT2D eigenvalue weighted by atomic mass is 31.0. The number of methoxy groups -OCH3 is 1. The molecule has 1 aromatic rings. The molecule has 2 nitrogen and oxygen atoms in total. The van der Waals surface area contributed by atoms with Crippen LogP contribution < -0.4 is 4.74 Å². The molecule has 0 aliphatic heterocycles. The molecular weight excluding hydrogens is 267 g/mol. The third kappa shape index (κ3) is 6.24. The van der Waals surface area contributed by atoms with E-state index < -0.39 is 0 Å². The molecule has 3 unspecified atom stereocenters. The molecule has 20 heavy (non-hydrogen) atoms. The summed E-state index contributed by atoms with van der Waals surface area (Å²) in [4.78, 5) is 0. The lowest BCUT2D eigenvalue weighted by molar-refractivity contribution is -0.120. The Hall–Kier alpha value is -0.590. The van der Waals surface area contributed by atoms with Crippen LogP contribution in [-0.2, 0) is 4.74 Å². The Morgan fingerprint density at radius 2 is 1.60 bits per heavy atom. The third-order valence-electron chi connectivity index (χ3n) is 2.91. The van der Waals surface area contributed by atoms with Gasteiger partial charge in [-0.15, -0.1) is 9.24 Å². The first kappa shape index (κ1) is 19.4. The van der Waals surface area contributed by atoms with Crippen molar-refractivity contribution in [1.82, 2.24) is 0 Å². The Labute approximate surface area is 127 Å². The van der Waals surface area contributed by atoms with Crippen LogP contribution in [0.5, 0.6) is 5.75 Å². The summed E-state index contributed by atoms with van der Waals surface area (Å²) in [5.41, 5.74) is 1.79. The second-order valence-corrected chi connectivity index (χ2v) is 6.44. The maximum absolute atomic E-state index is 5.87. The summed E-state index contributed by atoms with van der Waals surface area (Å²) in [6.07, 6.45) is 0.884. The molecule has 0 heterocycles. The molecule has 0 fully saturated rings. The van der Waals surface area contributed by atoms with Gasteiger partial charge < -0.3 is 9.47 Å². The zero-order valence-electron chi connectivity index (χ0n) is 14.1. The molecule has 0 spiro atoms. The number of ether oxygens (including phenoxy) is 2. The maximum atomic E-state index is 5.87. The Kier molecular flexibility index (Phi) is 9.09. The van der Waals surface area contributed by atoms with Crippen molar-refractivity contribution in [2.75, 3.05) is 7.11 Å². The van der Waals surface area contributed by atoms with Gasteiger partial charge in [0.1, 0.15) is 5.75 Å². The molecule has 0 N–H and O–H groups in total. The van der Waals surface area contributed by atoms with Gasteiger partial charge in [0, 0.05) is 12.5 Å². The van der Waals surface area contributed by atoms with E-state index in [1.165, 1.54) is 5.56 Å².